The van der Waals surface area contributed by atoms with Crippen LogP contribution in [0.25, 0.3) is 4.85 Å². The Hall–Kier alpha value is -2.72. The number of aryl methyl sites for hydroxylation is 2. The second kappa shape index (κ2) is 7.01. The minimum Gasteiger partial charge on any atom is -0.238 e. The van der Waals surface area contributed by atoms with Crippen LogP contribution in [0.2, 0.25) is 0 Å². The molecule has 0 aliphatic carbocycles. The summed E-state index contributed by atoms with van der Waals surface area (Å²) >= 11 is 0. The smallest absolute Gasteiger partial charge is 0.198 e. The Labute approximate surface area is 119 Å². The van der Waals surface area contributed by atoms with Crippen molar-refractivity contribution in [2.24, 2.45) is 0 Å². The van der Waals surface area contributed by atoms with Crippen molar-refractivity contribution >= 4 is 5.69 Å². The van der Waals surface area contributed by atoms with E-state index in [1.165, 1.54) is 0 Å². The third-order valence-electron chi connectivity index (χ3n) is 3.11. The average molecular weight is 264 g/mol. The molecule has 2 heterocycles. The SMILES string of the molecule is [C-]#[N+]c1cc[n+](CCCC[n+]2ccc(C#N)cc2)cc1. The van der Waals surface area contributed by atoms with Crippen LogP contribution in [-0.2, 0) is 13.1 Å². The molecule has 0 N–H and O–H groups in total. The summed E-state index contributed by atoms with van der Waals surface area (Å²) in [5.74, 6) is 0. The molecule has 98 valence electrons. The molecule has 2 aromatic rings. The molecule has 2 aromatic heterocycles. The van der Waals surface area contributed by atoms with Gasteiger partial charge in [0, 0.05) is 37.1 Å². The molecule has 0 radical (unpaired) electrons. The van der Waals surface area contributed by atoms with Crippen LogP contribution in [0.4, 0.5) is 5.69 Å². The van der Waals surface area contributed by atoms with Crippen LogP contribution in [0.3, 0.4) is 0 Å². The highest BCUT2D eigenvalue weighted by Crippen LogP contribution is 2.06. The van der Waals surface area contributed by atoms with E-state index in [1.807, 2.05) is 49.1 Å². The molecule has 0 aliphatic heterocycles. The van der Waals surface area contributed by atoms with E-state index in [4.69, 9.17) is 11.8 Å². The van der Waals surface area contributed by atoms with Crippen LogP contribution in [-0.4, -0.2) is 0 Å². The number of aromatic nitrogens is 2. The Morgan fingerprint density at radius 2 is 1.45 bits per heavy atom. The lowest BCUT2D eigenvalue weighted by molar-refractivity contribution is -0.708. The number of hydrogen-bond donors (Lipinski definition) is 0. The van der Waals surface area contributed by atoms with Gasteiger partial charge in [-0.3, -0.25) is 0 Å². The van der Waals surface area contributed by atoms with Crippen LogP contribution in [0, 0.1) is 17.9 Å². The van der Waals surface area contributed by atoms with Crippen LogP contribution in [0.1, 0.15) is 18.4 Å². The van der Waals surface area contributed by atoms with E-state index in [2.05, 4.69) is 20.0 Å². The number of nitriles is 1. The third kappa shape index (κ3) is 3.90. The van der Waals surface area contributed by atoms with Gasteiger partial charge in [-0.2, -0.15) is 5.26 Å². The fourth-order valence-corrected chi connectivity index (χ4v) is 1.94. The van der Waals surface area contributed by atoms with E-state index in [1.54, 1.807) is 0 Å². The van der Waals surface area contributed by atoms with Crippen LogP contribution < -0.4 is 9.13 Å². The van der Waals surface area contributed by atoms with Gasteiger partial charge in [-0.05, 0) is 0 Å². The Kier molecular flexibility index (Phi) is 4.81. The monoisotopic (exact) mass is 264 g/mol. The number of pyridine rings is 2. The van der Waals surface area contributed by atoms with Gasteiger partial charge in [0.2, 0.25) is 0 Å². The van der Waals surface area contributed by atoms with Crippen molar-refractivity contribution in [2.45, 2.75) is 25.9 Å². The predicted molar refractivity (Wildman–Crippen MR) is 73.5 cm³/mol. The molecule has 0 aromatic carbocycles. The maximum atomic E-state index is 8.73. The van der Waals surface area contributed by atoms with Gasteiger partial charge in [-0.1, -0.05) is 0 Å². The van der Waals surface area contributed by atoms with Crippen molar-refractivity contribution < 1.29 is 9.13 Å². The molecule has 20 heavy (non-hydrogen) atoms. The zero-order chi connectivity index (χ0) is 14.2. The highest BCUT2D eigenvalue weighted by atomic mass is 14.9. The molecule has 0 spiro atoms. The van der Waals surface area contributed by atoms with Gasteiger partial charge in [0.25, 0.3) is 0 Å². The van der Waals surface area contributed by atoms with Crippen LogP contribution in [0.5, 0.6) is 0 Å². The Bertz CT molecular complexity index is 571. The molecule has 0 amide bonds. The van der Waals surface area contributed by atoms with Gasteiger partial charge in [-0.15, -0.1) is 0 Å². The summed E-state index contributed by atoms with van der Waals surface area (Å²) in [4.78, 5) is 3.37. The molecule has 0 bridgehead atoms. The van der Waals surface area contributed by atoms with E-state index in [0.717, 1.165) is 25.9 Å². The average Bonchev–Trinajstić information content (AvgIpc) is 2.53. The third-order valence-corrected chi connectivity index (χ3v) is 3.11. The highest BCUT2D eigenvalue weighted by molar-refractivity contribution is 5.40. The molecular formula is C16H16N4+2. The van der Waals surface area contributed by atoms with Gasteiger partial charge in [0.1, 0.15) is 13.1 Å². The second-order valence-corrected chi connectivity index (χ2v) is 4.55. The van der Waals surface area contributed by atoms with Crippen LogP contribution in [0.15, 0.2) is 49.1 Å². The molecule has 0 saturated carbocycles. The highest BCUT2D eigenvalue weighted by Gasteiger charge is 2.04. The van der Waals surface area contributed by atoms with Gasteiger partial charge in [-0.25, -0.2) is 14.0 Å². The molecule has 4 heteroatoms. The standard InChI is InChI=1S/C16H16N4/c1-18-16-6-12-20(13-7-16)9-3-2-8-19-10-4-15(14-17)5-11-19/h4-7,10-13H,2-3,8-9H2/q+2. The fourth-order valence-electron chi connectivity index (χ4n) is 1.94. The van der Waals surface area contributed by atoms with Crippen molar-refractivity contribution in [1.29, 1.82) is 5.26 Å². The summed E-state index contributed by atoms with van der Waals surface area (Å²) in [5.41, 5.74) is 1.37. The van der Waals surface area contributed by atoms with Crippen molar-refractivity contribution in [2.75, 3.05) is 0 Å². The number of nitrogens with zero attached hydrogens (tertiary/aromatic N) is 4. The maximum absolute atomic E-state index is 8.73. The molecule has 0 aliphatic rings. The first-order valence-corrected chi connectivity index (χ1v) is 6.57. The first kappa shape index (κ1) is 13.7. The van der Waals surface area contributed by atoms with E-state index in [-0.39, 0.29) is 0 Å². The molecule has 0 fully saturated rings. The zero-order valence-corrected chi connectivity index (χ0v) is 11.2. The molecule has 0 atom stereocenters. The van der Waals surface area contributed by atoms with Gasteiger partial charge in [0.15, 0.2) is 30.5 Å². The minimum atomic E-state index is 0.675. The predicted octanol–water partition coefficient (Wildman–Crippen LogP) is 2.16. The summed E-state index contributed by atoms with van der Waals surface area (Å²) in [7, 11) is 0. The summed E-state index contributed by atoms with van der Waals surface area (Å²) in [5, 5.41) is 8.73. The molecule has 4 nitrogen and oxygen atoms in total. The van der Waals surface area contributed by atoms with Gasteiger partial charge < -0.3 is 0 Å². The van der Waals surface area contributed by atoms with Gasteiger partial charge >= 0.3 is 0 Å². The van der Waals surface area contributed by atoms with E-state index in [0.29, 0.717) is 11.3 Å². The van der Waals surface area contributed by atoms with Gasteiger partial charge in [0.05, 0.1) is 18.2 Å². The first-order chi connectivity index (χ1) is 9.81. The number of hydrogen-bond acceptors (Lipinski definition) is 1. The zero-order valence-electron chi connectivity index (χ0n) is 11.2. The second-order valence-electron chi connectivity index (χ2n) is 4.55. The Morgan fingerprint density at radius 1 is 0.950 bits per heavy atom. The fraction of sp³-hybridized carbons (Fsp3) is 0.250. The lowest BCUT2D eigenvalue weighted by Gasteiger charge is -1.97. The quantitative estimate of drug-likeness (QED) is 0.463. The summed E-state index contributed by atoms with van der Waals surface area (Å²) in [6.07, 6.45) is 9.93. The van der Waals surface area contributed by atoms with E-state index < -0.39 is 0 Å². The van der Waals surface area contributed by atoms with Crippen molar-refractivity contribution in [3.8, 4) is 6.07 Å². The number of rotatable bonds is 5. The largest absolute Gasteiger partial charge is 0.238 e. The van der Waals surface area contributed by atoms with E-state index in [9.17, 15) is 0 Å². The number of unbranched alkanes of at least 4 members (excludes halogenated alkanes) is 1. The summed E-state index contributed by atoms with van der Waals surface area (Å²) in [6, 6.07) is 9.45. The Morgan fingerprint density at radius 3 is 1.90 bits per heavy atom. The topological polar surface area (TPSA) is 35.9 Å². The van der Waals surface area contributed by atoms with Crippen molar-refractivity contribution in [3.63, 3.8) is 0 Å². The Balaban J connectivity index is 1.75. The van der Waals surface area contributed by atoms with Crippen LogP contribution >= 0.6 is 0 Å². The molecule has 0 saturated heterocycles. The normalized spacial score (nSPS) is 9.70. The summed E-state index contributed by atoms with van der Waals surface area (Å²) < 4.78 is 4.19. The lowest BCUT2D eigenvalue weighted by atomic mass is 10.2. The maximum Gasteiger partial charge on any atom is 0.198 e. The van der Waals surface area contributed by atoms with Crippen molar-refractivity contribution in [3.05, 3.63) is 66.0 Å². The molecule has 2 rings (SSSR count). The van der Waals surface area contributed by atoms with E-state index >= 15 is 0 Å². The first-order valence-electron chi connectivity index (χ1n) is 6.57. The molecule has 0 unspecified atom stereocenters. The molecular weight excluding hydrogens is 248 g/mol. The van der Waals surface area contributed by atoms with Crippen molar-refractivity contribution in [1.82, 2.24) is 0 Å². The lowest BCUT2D eigenvalue weighted by Crippen LogP contribution is -2.35. The summed E-state index contributed by atoms with van der Waals surface area (Å²) in [6.45, 7) is 8.80. The minimum absolute atomic E-state index is 0.675.